The Morgan fingerprint density at radius 2 is 2.13 bits per heavy atom. The van der Waals surface area contributed by atoms with Gasteiger partial charge in [-0.25, -0.2) is 0 Å². The monoisotopic (exact) mass is 335 g/mol. The molecule has 23 heavy (non-hydrogen) atoms. The smallest absolute Gasteiger partial charge is 0.0705 e. The Morgan fingerprint density at radius 3 is 2.87 bits per heavy atom. The number of aryl methyl sites for hydroxylation is 1. The van der Waals surface area contributed by atoms with E-state index in [1.807, 2.05) is 6.92 Å². The van der Waals surface area contributed by atoms with Crippen LogP contribution in [0.5, 0.6) is 0 Å². The van der Waals surface area contributed by atoms with Crippen molar-refractivity contribution in [3.8, 4) is 0 Å². The molecule has 0 spiro atoms. The van der Waals surface area contributed by atoms with Crippen LogP contribution >= 0.6 is 12.4 Å². The van der Waals surface area contributed by atoms with Gasteiger partial charge in [-0.3, -0.25) is 9.88 Å². The summed E-state index contributed by atoms with van der Waals surface area (Å²) in [6, 6.07) is 11.2. The van der Waals surface area contributed by atoms with E-state index < -0.39 is 0 Å². The summed E-state index contributed by atoms with van der Waals surface area (Å²) >= 11 is 0. The third kappa shape index (κ3) is 4.21. The Labute approximate surface area is 144 Å². The second-order valence-electron chi connectivity index (χ2n) is 6.22. The molecular weight excluding hydrogens is 310 g/mol. The molecule has 4 nitrogen and oxygen atoms in total. The second kappa shape index (κ2) is 8.06. The summed E-state index contributed by atoms with van der Waals surface area (Å²) in [7, 11) is 1.80. The van der Waals surface area contributed by atoms with Gasteiger partial charge >= 0.3 is 0 Å². The summed E-state index contributed by atoms with van der Waals surface area (Å²) in [6.07, 6.45) is 2.47. The van der Waals surface area contributed by atoms with Gasteiger partial charge < -0.3 is 10.5 Å². The molecule has 0 radical (unpaired) electrons. The Bertz CT molecular complexity index is 649. The number of fused-ring (bicyclic) bond motifs is 1. The van der Waals surface area contributed by atoms with Crippen molar-refractivity contribution in [2.75, 3.05) is 20.2 Å². The molecule has 1 aliphatic heterocycles. The fraction of sp³-hybridized carbons (Fsp3) is 0.500. The van der Waals surface area contributed by atoms with Crippen molar-refractivity contribution in [1.29, 1.82) is 0 Å². The van der Waals surface area contributed by atoms with Crippen molar-refractivity contribution in [3.63, 3.8) is 0 Å². The van der Waals surface area contributed by atoms with E-state index >= 15 is 0 Å². The lowest BCUT2D eigenvalue weighted by molar-refractivity contribution is 0.0102. The minimum Gasteiger partial charge on any atom is -0.381 e. The summed E-state index contributed by atoms with van der Waals surface area (Å²) in [4.78, 5) is 7.05. The van der Waals surface area contributed by atoms with Gasteiger partial charge in [0.15, 0.2) is 0 Å². The van der Waals surface area contributed by atoms with Crippen LogP contribution in [0.15, 0.2) is 30.3 Å². The summed E-state index contributed by atoms with van der Waals surface area (Å²) in [6.45, 7) is 4.71. The van der Waals surface area contributed by atoms with Crippen LogP contribution in [0.2, 0.25) is 0 Å². The van der Waals surface area contributed by atoms with Gasteiger partial charge in [0.2, 0.25) is 0 Å². The molecule has 5 heteroatoms. The number of methoxy groups -OCH3 is 1. The van der Waals surface area contributed by atoms with Crippen LogP contribution in [0, 0.1) is 6.92 Å². The van der Waals surface area contributed by atoms with Crippen LogP contribution in [0.25, 0.3) is 10.9 Å². The predicted octanol–water partition coefficient (Wildman–Crippen LogP) is 2.90. The summed E-state index contributed by atoms with van der Waals surface area (Å²) in [5.74, 6) is 0. The van der Waals surface area contributed by atoms with E-state index in [4.69, 9.17) is 10.5 Å². The van der Waals surface area contributed by atoms with Gasteiger partial charge in [-0.1, -0.05) is 12.1 Å². The zero-order chi connectivity index (χ0) is 15.5. The molecule has 0 amide bonds. The summed E-state index contributed by atoms with van der Waals surface area (Å²) in [5, 5.41) is 1.21. The molecule has 1 saturated heterocycles. The quantitative estimate of drug-likeness (QED) is 0.933. The number of hydrogen-bond acceptors (Lipinski definition) is 4. The zero-order valence-electron chi connectivity index (χ0n) is 13.9. The molecule has 2 heterocycles. The predicted molar refractivity (Wildman–Crippen MR) is 97.0 cm³/mol. The number of pyridine rings is 1. The number of hydrogen-bond donors (Lipinski definition) is 1. The molecule has 1 fully saturated rings. The Morgan fingerprint density at radius 1 is 1.30 bits per heavy atom. The molecule has 2 aromatic rings. The van der Waals surface area contributed by atoms with Crippen molar-refractivity contribution < 1.29 is 4.74 Å². The maximum absolute atomic E-state index is 5.96. The van der Waals surface area contributed by atoms with Crippen molar-refractivity contribution in [2.24, 2.45) is 5.73 Å². The van der Waals surface area contributed by atoms with Crippen molar-refractivity contribution in [1.82, 2.24) is 9.88 Å². The minimum absolute atomic E-state index is 0. The van der Waals surface area contributed by atoms with Gasteiger partial charge in [-0.2, -0.15) is 0 Å². The van der Waals surface area contributed by atoms with Crippen molar-refractivity contribution >= 4 is 23.3 Å². The van der Waals surface area contributed by atoms with Crippen LogP contribution in [0.4, 0.5) is 0 Å². The lowest BCUT2D eigenvalue weighted by Gasteiger charge is -2.38. The van der Waals surface area contributed by atoms with E-state index in [1.54, 1.807) is 7.11 Å². The number of piperidine rings is 1. The molecule has 126 valence electrons. The minimum atomic E-state index is 0. The number of nitrogens with zero attached hydrogens (tertiary/aromatic N) is 2. The molecule has 1 aromatic heterocycles. The number of halogens is 1. The highest BCUT2D eigenvalue weighted by Gasteiger charge is 2.27. The van der Waals surface area contributed by atoms with Crippen LogP contribution in [0.3, 0.4) is 0 Å². The van der Waals surface area contributed by atoms with Crippen LogP contribution in [-0.2, 0) is 11.3 Å². The zero-order valence-corrected chi connectivity index (χ0v) is 14.7. The van der Waals surface area contributed by atoms with E-state index in [0.717, 1.165) is 37.1 Å². The van der Waals surface area contributed by atoms with E-state index in [0.29, 0.717) is 18.7 Å². The first-order valence-electron chi connectivity index (χ1n) is 8.03. The molecule has 1 aliphatic rings. The van der Waals surface area contributed by atoms with Crippen LogP contribution < -0.4 is 5.73 Å². The van der Waals surface area contributed by atoms with E-state index in [-0.39, 0.29) is 12.4 Å². The Hall–Kier alpha value is -1.20. The molecule has 2 atom stereocenters. The van der Waals surface area contributed by atoms with Gasteiger partial charge in [0.1, 0.15) is 0 Å². The molecule has 0 aliphatic carbocycles. The second-order valence-corrected chi connectivity index (χ2v) is 6.22. The molecular formula is C18H26ClN3O. The number of ether oxygens (including phenoxy) is 1. The lowest BCUT2D eigenvalue weighted by Crippen LogP contribution is -2.47. The van der Waals surface area contributed by atoms with Gasteiger partial charge in [-0.05, 0) is 43.5 Å². The van der Waals surface area contributed by atoms with Gasteiger partial charge in [0.25, 0.3) is 0 Å². The number of nitrogens with two attached hydrogens (primary N) is 1. The molecule has 0 bridgehead atoms. The Kier molecular flexibility index (Phi) is 6.36. The van der Waals surface area contributed by atoms with E-state index in [9.17, 15) is 0 Å². The van der Waals surface area contributed by atoms with Crippen molar-refractivity contribution in [2.45, 2.75) is 38.5 Å². The maximum Gasteiger partial charge on any atom is 0.0705 e. The number of likely N-dealkylation sites (tertiary alicyclic amines) is 1. The lowest BCUT2D eigenvalue weighted by atomic mass is 9.98. The largest absolute Gasteiger partial charge is 0.381 e. The van der Waals surface area contributed by atoms with Gasteiger partial charge in [-0.15, -0.1) is 12.4 Å². The first-order valence-corrected chi connectivity index (χ1v) is 8.03. The molecule has 2 N–H and O–H groups in total. The standard InChI is InChI=1S/C18H25N3O.ClH/c1-13-3-5-15-9-14(4-6-18(15)20-13)12-21-8-7-17(22-2)10-16(21)11-19;/h3-6,9,16-17H,7-8,10-12,19H2,1-2H3;1H. The first-order chi connectivity index (χ1) is 10.7. The Balaban J connectivity index is 0.00000192. The number of benzene rings is 1. The third-order valence-electron chi connectivity index (χ3n) is 4.67. The number of aromatic nitrogens is 1. The molecule has 0 saturated carbocycles. The highest BCUT2D eigenvalue weighted by Crippen LogP contribution is 2.23. The fourth-order valence-electron chi connectivity index (χ4n) is 3.34. The number of rotatable bonds is 4. The van der Waals surface area contributed by atoms with Crippen LogP contribution in [0.1, 0.15) is 24.1 Å². The van der Waals surface area contributed by atoms with Gasteiger partial charge in [0.05, 0.1) is 11.6 Å². The van der Waals surface area contributed by atoms with Crippen molar-refractivity contribution in [3.05, 3.63) is 41.6 Å². The third-order valence-corrected chi connectivity index (χ3v) is 4.67. The molecule has 3 rings (SSSR count). The SMILES string of the molecule is COC1CCN(Cc2ccc3nc(C)ccc3c2)C(CN)C1.Cl. The van der Waals surface area contributed by atoms with E-state index in [2.05, 4.69) is 40.2 Å². The summed E-state index contributed by atoms with van der Waals surface area (Å²) < 4.78 is 5.50. The average Bonchev–Trinajstić information content (AvgIpc) is 2.55. The molecule has 2 unspecified atom stereocenters. The van der Waals surface area contributed by atoms with Gasteiger partial charge in [0, 0.05) is 43.9 Å². The maximum atomic E-state index is 5.96. The highest BCUT2D eigenvalue weighted by atomic mass is 35.5. The highest BCUT2D eigenvalue weighted by molar-refractivity contribution is 5.85. The molecule has 1 aromatic carbocycles. The summed E-state index contributed by atoms with van der Waals surface area (Å²) in [5.41, 5.74) is 9.42. The topological polar surface area (TPSA) is 51.4 Å². The van der Waals surface area contributed by atoms with Crippen LogP contribution in [-0.4, -0.2) is 42.2 Å². The average molecular weight is 336 g/mol. The van der Waals surface area contributed by atoms with E-state index in [1.165, 1.54) is 10.9 Å². The fourth-order valence-corrected chi connectivity index (χ4v) is 3.34. The first kappa shape index (κ1) is 18.1. The normalized spacial score (nSPS) is 22.0.